The summed E-state index contributed by atoms with van der Waals surface area (Å²) in [6.07, 6.45) is 0. The second-order valence-electron chi connectivity index (χ2n) is 2.33. The number of hydrogen-bond acceptors (Lipinski definition) is 3. The predicted molar refractivity (Wildman–Crippen MR) is 33.0 cm³/mol. The van der Waals surface area contributed by atoms with Gasteiger partial charge in [0.05, 0.1) is 13.0 Å². The zero-order valence-electron chi connectivity index (χ0n) is 5.68. The standard InChI is InChI=1S/C6H11NO2/c1-4-5(3-7-4)6(8)9-2/h4-5,7H,3H2,1-2H3/t4-,5+/m1/s1. The van der Waals surface area contributed by atoms with E-state index >= 15 is 0 Å². The van der Waals surface area contributed by atoms with E-state index < -0.39 is 0 Å². The Morgan fingerprint density at radius 1 is 1.78 bits per heavy atom. The van der Waals surface area contributed by atoms with Crippen molar-refractivity contribution in [2.75, 3.05) is 13.7 Å². The number of carbonyl (C=O) groups is 1. The van der Waals surface area contributed by atoms with Gasteiger partial charge in [-0.2, -0.15) is 0 Å². The maximum absolute atomic E-state index is 10.7. The molecule has 0 amide bonds. The van der Waals surface area contributed by atoms with Gasteiger partial charge in [0.1, 0.15) is 0 Å². The van der Waals surface area contributed by atoms with Gasteiger partial charge in [0.15, 0.2) is 0 Å². The number of rotatable bonds is 1. The molecule has 3 heteroatoms. The van der Waals surface area contributed by atoms with Crippen molar-refractivity contribution in [1.82, 2.24) is 5.32 Å². The van der Waals surface area contributed by atoms with Crippen molar-refractivity contribution < 1.29 is 9.53 Å². The SMILES string of the molecule is COC(=O)[C@H]1CN[C@@H]1C. The van der Waals surface area contributed by atoms with Crippen molar-refractivity contribution >= 4 is 5.97 Å². The zero-order chi connectivity index (χ0) is 6.85. The summed E-state index contributed by atoms with van der Waals surface area (Å²) in [7, 11) is 1.42. The van der Waals surface area contributed by atoms with Crippen LogP contribution in [0.25, 0.3) is 0 Å². The molecule has 0 bridgehead atoms. The van der Waals surface area contributed by atoms with E-state index in [1.807, 2.05) is 6.92 Å². The molecule has 0 aromatic heterocycles. The van der Waals surface area contributed by atoms with Crippen molar-refractivity contribution in [2.45, 2.75) is 13.0 Å². The van der Waals surface area contributed by atoms with Crippen LogP contribution < -0.4 is 5.32 Å². The third-order valence-corrected chi connectivity index (χ3v) is 1.77. The molecule has 2 atom stereocenters. The van der Waals surface area contributed by atoms with Crippen LogP contribution in [0.3, 0.4) is 0 Å². The summed E-state index contributed by atoms with van der Waals surface area (Å²) < 4.78 is 4.55. The quantitative estimate of drug-likeness (QED) is 0.497. The Morgan fingerprint density at radius 2 is 2.44 bits per heavy atom. The molecule has 3 nitrogen and oxygen atoms in total. The summed E-state index contributed by atoms with van der Waals surface area (Å²) >= 11 is 0. The van der Waals surface area contributed by atoms with E-state index in [-0.39, 0.29) is 11.9 Å². The largest absolute Gasteiger partial charge is 0.469 e. The van der Waals surface area contributed by atoms with Crippen molar-refractivity contribution in [2.24, 2.45) is 5.92 Å². The molecular weight excluding hydrogens is 118 g/mol. The fraction of sp³-hybridized carbons (Fsp3) is 0.833. The fourth-order valence-electron chi connectivity index (χ4n) is 0.910. The monoisotopic (exact) mass is 129 g/mol. The van der Waals surface area contributed by atoms with E-state index in [4.69, 9.17) is 0 Å². The zero-order valence-corrected chi connectivity index (χ0v) is 5.68. The topological polar surface area (TPSA) is 38.3 Å². The first kappa shape index (κ1) is 6.55. The van der Waals surface area contributed by atoms with Crippen molar-refractivity contribution in [3.05, 3.63) is 0 Å². The van der Waals surface area contributed by atoms with Gasteiger partial charge in [0.2, 0.25) is 0 Å². The van der Waals surface area contributed by atoms with Gasteiger partial charge in [-0.05, 0) is 6.92 Å². The maximum atomic E-state index is 10.7. The Hall–Kier alpha value is -0.570. The highest BCUT2D eigenvalue weighted by Gasteiger charge is 2.33. The van der Waals surface area contributed by atoms with E-state index in [2.05, 4.69) is 10.1 Å². The van der Waals surface area contributed by atoms with E-state index in [9.17, 15) is 4.79 Å². The van der Waals surface area contributed by atoms with Crippen LogP contribution in [0.4, 0.5) is 0 Å². The van der Waals surface area contributed by atoms with Crippen LogP contribution >= 0.6 is 0 Å². The summed E-state index contributed by atoms with van der Waals surface area (Å²) in [6.45, 7) is 2.75. The van der Waals surface area contributed by atoms with E-state index in [1.165, 1.54) is 7.11 Å². The highest BCUT2D eigenvalue weighted by molar-refractivity contribution is 5.74. The number of esters is 1. The van der Waals surface area contributed by atoms with Crippen molar-refractivity contribution in [3.63, 3.8) is 0 Å². The van der Waals surface area contributed by atoms with Crippen LogP contribution in [-0.4, -0.2) is 25.7 Å². The summed E-state index contributed by atoms with van der Waals surface area (Å²) in [4.78, 5) is 10.7. The van der Waals surface area contributed by atoms with Crippen LogP contribution in [0.1, 0.15) is 6.92 Å². The Labute approximate surface area is 54.4 Å². The number of ether oxygens (including phenoxy) is 1. The predicted octanol–water partition coefficient (Wildman–Crippen LogP) is -0.233. The highest BCUT2D eigenvalue weighted by atomic mass is 16.5. The second kappa shape index (κ2) is 2.35. The molecule has 1 aliphatic heterocycles. The minimum atomic E-state index is -0.0961. The summed E-state index contributed by atoms with van der Waals surface area (Å²) in [5.41, 5.74) is 0. The van der Waals surface area contributed by atoms with Gasteiger partial charge in [-0.3, -0.25) is 4.79 Å². The molecule has 0 aromatic carbocycles. The third kappa shape index (κ3) is 1.05. The smallest absolute Gasteiger partial charge is 0.311 e. The molecule has 52 valence electrons. The lowest BCUT2D eigenvalue weighted by molar-refractivity contribution is -0.148. The Kier molecular flexibility index (Phi) is 1.71. The third-order valence-electron chi connectivity index (χ3n) is 1.77. The molecule has 1 rings (SSSR count). The lowest BCUT2D eigenvalue weighted by atomic mass is 9.94. The summed E-state index contributed by atoms with van der Waals surface area (Å²) in [6, 6.07) is 0.303. The first-order chi connectivity index (χ1) is 4.25. The molecule has 0 aromatic rings. The van der Waals surface area contributed by atoms with Gasteiger partial charge < -0.3 is 10.1 Å². The highest BCUT2D eigenvalue weighted by Crippen LogP contribution is 2.12. The minimum Gasteiger partial charge on any atom is -0.469 e. The van der Waals surface area contributed by atoms with Crippen LogP contribution in [-0.2, 0) is 9.53 Å². The lowest BCUT2D eigenvalue weighted by Gasteiger charge is -2.32. The molecule has 1 aliphatic rings. The average molecular weight is 129 g/mol. The van der Waals surface area contributed by atoms with Gasteiger partial charge in [0, 0.05) is 12.6 Å². The molecule has 1 heterocycles. The number of nitrogens with one attached hydrogen (secondary N) is 1. The van der Waals surface area contributed by atoms with Crippen LogP contribution in [0.2, 0.25) is 0 Å². The van der Waals surface area contributed by atoms with Gasteiger partial charge >= 0.3 is 5.97 Å². The number of carbonyl (C=O) groups excluding carboxylic acids is 1. The first-order valence-corrected chi connectivity index (χ1v) is 3.07. The lowest BCUT2D eigenvalue weighted by Crippen LogP contribution is -2.54. The molecule has 1 saturated heterocycles. The normalized spacial score (nSPS) is 33.1. The summed E-state index contributed by atoms with van der Waals surface area (Å²) in [5, 5.41) is 3.07. The summed E-state index contributed by atoms with van der Waals surface area (Å²) in [5.74, 6) is -0.00347. The van der Waals surface area contributed by atoms with Crippen LogP contribution in [0.5, 0.6) is 0 Å². The molecule has 0 aliphatic carbocycles. The average Bonchev–Trinajstić information content (AvgIpc) is 1.84. The number of hydrogen-bond donors (Lipinski definition) is 1. The van der Waals surface area contributed by atoms with Crippen molar-refractivity contribution in [3.8, 4) is 0 Å². The Morgan fingerprint density at radius 3 is 2.56 bits per heavy atom. The van der Waals surface area contributed by atoms with Gasteiger partial charge in [0.25, 0.3) is 0 Å². The number of methoxy groups -OCH3 is 1. The van der Waals surface area contributed by atoms with E-state index in [0.717, 1.165) is 6.54 Å². The molecule has 0 unspecified atom stereocenters. The van der Waals surface area contributed by atoms with Crippen LogP contribution in [0.15, 0.2) is 0 Å². The molecule has 1 fully saturated rings. The van der Waals surface area contributed by atoms with Gasteiger partial charge in [-0.25, -0.2) is 0 Å². The molecule has 9 heavy (non-hydrogen) atoms. The van der Waals surface area contributed by atoms with Crippen LogP contribution in [0, 0.1) is 5.92 Å². The first-order valence-electron chi connectivity index (χ1n) is 3.07. The fourth-order valence-corrected chi connectivity index (χ4v) is 0.910. The Balaban J connectivity index is 2.35. The molecule has 1 N–H and O–H groups in total. The molecular formula is C6H11NO2. The Bertz CT molecular complexity index is 124. The molecule has 0 spiro atoms. The molecule has 0 radical (unpaired) electrons. The van der Waals surface area contributed by atoms with Gasteiger partial charge in [-0.1, -0.05) is 0 Å². The molecule has 0 saturated carbocycles. The minimum absolute atomic E-state index is 0.0926. The van der Waals surface area contributed by atoms with Gasteiger partial charge in [-0.15, -0.1) is 0 Å². The second-order valence-corrected chi connectivity index (χ2v) is 2.33. The van der Waals surface area contributed by atoms with E-state index in [1.54, 1.807) is 0 Å². The van der Waals surface area contributed by atoms with E-state index in [0.29, 0.717) is 6.04 Å². The maximum Gasteiger partial charge on any atom is 0.311 e. The van der Waals surface area contributed by atoms with Crippen molar-refractivity contribution in [1.29, 1.82) is 0 Å².